The highest BCUT2D eigenvalue weighted by atomic mass is 79.9. The SMILES string of the molecule is CC(C)(C)n1nc(-c2ccc(Br)cc2)c(C=O)c1Cl. The first-order valence-electron chi connectivity index (χ1n) is 5.84. The molecule has 0 aliphatic rings. The molecule has 1 aromatic heterocycles. The predicted octanol–water partition coefficient (Wildman–Crippen LogP) is 4.53. The molecule has 19 heavy (non-hydrogen) atoms. The van der Waals surface area contributed by atoms with Crippen LogP contribution < -0.4 is 0 Å². The second-order valence-electron chi connectivity index (χ2n) is 5.26. The molecular weight excluding hydrogens is 328 g/mol. The third kappa shape index (κ3) is 2.74. The highest BCUT2D eigenvalue weighted by Gasteiger charge is 2.24. The molecule has 0 amide bonds. The van der Waals surface area contributed by atoms with Crippen LogP contribution in [0.5, 0.6) is 0 Å². The number of aldehydes is 1. The van der Waals surface area contributed by atoms with Gasteiger partial charge in [-0.15, -0.1) is 0 Å². The van der Waals surface area contributed by atoms with E-state index in [2.05, 4.69) is 21.0 Å². The third-order valence-electron chi connectivity index (χ3n) is 2.73. The van der Waals surface area contributed by atoms with E-state index in [1.165, 1.54) is 0 Å². The van der Waals surface area contributed by atoms with Crippen molar-refractivity contribution < 1.29 is 4.79 Å². The molecule has 0 unspecified atom stereocenters. The van der Waals surface area contributed by atoms with Crippen LogP contribution in [0.2, 0.25) is 5.15 Å². The smallest absolute Gasteiger partial charge is 0.155 e. The van der Waals surface area contributed by atoms with Crippen molar-refractivity contribution in [3.05, 3.63) is 39.5 Å². The second kappa shape index (κ2) is 5.10. The lowest BCUT2D eigenvalue weighted by molar-refractivity contribution is 0.112. The Morgan fingerprint density at radius 3 is 2.32 bits per heavy atom. The lowest BCUT2D eigenvalue weighted by Crippen LogP contribution is -2.23. The predicted molar refractivity (Wildman–Crippen MR) is 80.8 cm³/mol. The Kier molecular flexibility index (Phi) is 3.83. The van der Waals surface area contributed by atoms with Crippen molar-refractivity contribution in [3.8, 4) is 11.3 Å². The van der Waals surface area contributed by atoms with Crippen LogP contribution in [-0.4, -0.2) is 16.1 Å². The van der Waals surface area contributed by atoms with Crippen LogP contribution in [-0.2, 0) is 5.54 Å². The van der Waals surface area contributed by atoms with E-state index < -0.39 is 0 Å². The van der Waals surface area contributed by atoms with E-state index in [-0.39, 0.29) is 5.54 Å². The van der Waals surface area contributed by atoms with Crippen LogP contribution in [0.1, 0.15) is 31.1 Å². The quantitative estimate of drug-likeness (QED) is 0.752. The molecule has 2 aromatic rings. The standard InChI is InChI=1S/C14H14BrClN2O/c1-14(2,3)18-13(16)11(8-19)12(17-18)9-4-6-10(15)7-5-9/h4-8H,1-3H3. The van der Waals surface area contributed by atoms with Crippen molar-refractivity contribution >= 4 is 33.8 Å². The van der Waals surface area contributed by atoms with Crippen molar-refractivity contribution in [2.75, 3.05) is 0 Å². The summed E-state index contributed by atoms with van der Waals surface area (Å²) in [6.07, 6.45) is 0.759. The van der Waals surface area contributed by atoms with Gasteiger partial charge in [0, 0.05) is 10.0 Å². The first-order valence-corrected chi connectivity index (χ1v) is 7.02. The Labute approximate surface area is 125 Å². The Morgan fingerprint density at radius 1 is 1.26 bits per heavy atom. The van der Waals surface area contributed by atoms with Crippen molar-refractivity contribution in [2.45, 2.75) is 26.3 Å². The third-order valence-corrected chi connectivity index (χ3v) is 3.63. The molecule has 100 valence electrons. The van der Waals surface area contributed by atoms with Gasteiger partial charge in [0.2, 0.25) is 0 Å². The van der Waals surface area contributed by atoms with Gasteiger partial charge in [0.15, 0.2) is 6.29 Å². The molecule has 0 aliphatic heterocycles. The molecule has 0 bridgehead atoms. The van der Waals surface area contributed by atoms with E-state index in [1.54, 1.807) is 4.68 Å². The Bertz CT molecular complexity index is 612. The number of halogens is 2. The van der Waals surface area contributed by atoms with Crippen LogP contribution in [0.25, 0.3) is 11.3 Å². The van der Waals surface area contributed by atoms with Gasteiger partial charge in [-0.3, -0.25) is 4.79 Å². The maximum Gasteiger partial charge on any atom is 0.155 e. The lowest BCUT2D eigenvalue weighted by Gasteiger charge is -2.20. The summed E-state index contributed by atoms with van der Waals surface area (Å²) in [5, 5.41) is 4.87. The first kappa shape index (κ1) is 14.3. The van der Waals surface area contributed by atoms with Gasteiger partial charge < -0.3 is 0 Å². The Balaban J connectivity index is 2.64. The number of nitrogens with zero attached hydrogens (tertiary/aromatic N) is 2. The Morgan fingerprint density at radius 2 is 1.84 bits per heavy atom. The van der Waals surface area contributed by atoms with Gasteiger partial charge >= 0.3 is 0 Å². The van der Waals surface area contributed by atoms with E-state index in [0.717, 1.165) is 16.3 Å². The molecular formula is C14H14BrClN2O. The van der Waals surface area contributed by atoms with Crippen LogP contribution in [0.4, 0.5) is 0 Å². The van der Waals surface area contributed by atoms with Gasteiger partial charge in [0.05, 0.1) is 11.1 Å². The molecule has 0 atom stereocenters. The number of hydrogen-bond acceptors (Lipinski definition) is 2. The molecule has 0 radical (unpaired) electrons. The Hall–Kier alpha value is -1.13. The van der Waals surface area contributed by atoms with Crippen LogP contribution >= 0.6 is 27.5 Å². The minimum atomic E-state index is -0.275. The molecule has 2 rings (SSSR count). The number of rotatable bonds is 2. The number of benzene rings is 1. The fraction of sp³-hybridized carbons (Fsp3) is 0.286. The average molecular weight is 342 g/mol. The van der Waals surface area contributed by atoms with E-state index >= 15 is 0 Å². The summed E-state index contributed by atoms with van der Waals surface area (Å²) in [4.78, 5) is 11.3. The monoisotopic (exact) mass is 340 g/mol. The fourth-order valence-corrected chi connectivity index (χ4v) is 2.47. The largest absolute Gasteiger partial charge is 0.298 e. The number of carbonyl (C=O) groups excluding carboxylic acids is 1. The topological polar surface area (TPSA) is 34.9 Å². The minimum absolute atomic E-state index is 0.275. The summed E-state index contributed by atoms with van der Waals surface area (Å²) < 4.78 is 2.65. The summed E-state index contributed by atoms with van der Waals surface area (Å²) >= 11 is 9.64. The molecule has 0 aliphatic carbocycles. The molecule has 0 spiro atoms. The van der Waals surface area contributed by atoms with E-state index in [9.17, 15) is 4.79 Å². The molecule has 3 nitrogen and oxygen atoms in total. The lowest BCUT2D eigenvalue weighted by atomic mass is 10.1. The zero-order valence-corrected chi connectivity index (χ0v) is 13.3. The molecule has 5 heteroatoms. The van der Waals surface area contributed by atoms with E-state index in [1.807, 2.05) is 45.0 Å². The van der Waals surface area contributed by atoms with Gasteiger partial charge in [-0.1, -0.05) is 39.7 Å². The summed E-state index contributed by atoms with van der Waals surface area (Å²) in [5.41, 5.74) is 1.64. The summed E-state index contributed by atoms with van der Waals surface area (Å²) in [6.45, 7) is 5.98. The molecule has 1 heterocycles. The minimum Gasteiger partial charge on any atom is -0.298 e. The van der Waals surface area contributed by atoms with Crippen molar-refractivity contribution in [1.82, 2.24) is 9.78 Å². The van der Waals surface area contributed by atoms with Crippen molar-refractivity contribution in [1.29, 1.82) is 0 Å². The number of carbonyl (C=O) groups is 1. The molecule has 0 N–H and O–H groups in total. The molecule has 1 aromatic carbocycles. The summed E-state index contributed by atoms with van der Waals surface area (Å²) in [7, 11) is 0. The second-order valence-corrected chi connectivity index (χ2v) is 6.53. The van der Waals surface area contributed by atoms with Crippen molar-refractivity contribution in [3.63, 3.8) is 0 Å². The van der Waals surface area contributed by atoms with Crippen LogP contribution in [0, 0.1) is 0 Å². The molecule has 0 fully saturated rings. The summed E-state index contributed by atoms with van der Waals surface area (Å²) in [5.74, 6) is 0. The maximum absolute atomic E-state index is 11.3. The average Bonchev–Trinajstić information content (AvgIpc) is 2.67. The van der Waals surface area contributed by atoms with Gasteiger partial charge in [-0.2, -0.15) is 5.10 Å². The number of aromatic nitrogens is 2. The van der Waals surface area contributed by atoms with Gasteiger partial charge in [0.1, 0.15) is 10.8 Å². The first-order chi connectivity index (χ1) is 8.84. The van der Waals surface area contributed by atoms with E-state index in [0.29, 0.717) is 16.4 Å². The fourth-order valence-electron chi connectivity index (χ4n) is 1.78. The molecule has 0 saturated carbocycles. The maximum atomic E-state index is 11.3. The zero-order valence-electron chi connectivity index (χ0n) is 10.9. The van der Waals surface area contributed by atoms with Gasteiger partial charge in [0.25, 0.3) is 0 Å². The zero-order chi connectivity index (χ0) is 14.2. The molecule has 0 saturated heterocycles. The van der Waals surface area contributed by atoms with Crippen LogP contribution in [0.3, 0.4) is 0 Å². The van der Waals surface area contributed by atoms with Gasteiger partial charge in [-0.05, 0) is 32.9 Å². The van der Waals surface area contributed by atoms with Crippen molar-refractivity contribution in [2.24, 2.45) is 0 Å². The van der Waals surface area contributed by atoms with E-state index in [4.69, 9.17) is 11.6 Å². The number of hydrogen-bond donors (Lipinski definition) is 0. The summed E-state index contributed by atoms with van der Waals surface area (Å²) in [6, 6.07) is 7.63. The van der Waals surface area contributed by atoms with Crippen LogP contribution in [0.15, 0.2) is 28.7 Å². The highest BCUT2D eigenvalue weighted by Crippen LogP contribution is 2.31. The van der Waals surface area contributed by atoms with Gasteiger partial charge in [-0.25, -0.2) is 4.68 Å². The normalized spacial score (nSPS) is 11.6. The highest BCUT2D eigenvalue weighted by molar-refractivity contribution is 9.10.